The van der Waals surface area contributed by atoms with E-state index >= 15 is 0 Å². The molecule has 1 aromatic carbocycles. The maximum absolute atomic E-state index is 14.2. The van der Waals surface area contributed by atoms with Crippen molar-refractivity contribution < 1.29 is 13.9 Å². The molecule has 0 atom stereocenters. The Morgan fingerprint density at radius 1 is 1.22 bits per heavy atom. The van der Waals surface area contributed by atoms with Gasteiger partial charge in [-0.15, -0.1) is 0 Å². The first-order chi connectivity index (χ1) is 13.0. The van der Waals surface area contributed by atoms with E-state index in [9.17, 15) is 14.0 Å². The van der Waals surface area contributed by atoms with Crippen molar-refractivity contribution in [2.24, 2.45) is 0 Å². The van der Waals surface area contributed by atoms with Crippen molar-refractivity contribution in [2.45, 2.75) is 53.5 Å². The highest BCUT2D eigenvalue weighted by Gasteiger charge is 2.24. The SMILES string of the molecule is CC.CCOC(=O)c1c(Nc2ccc(C)cc2F)cc(=O)n2c1CCCC2. The number of anilines is 2. The average Bonchev–Trinajstić information content (AvgIpc) is 2.66. The van der Waals surface area contributed by atoms with Gasteiger partial charge < -0.3 is 14.6 Å². The second-order valence-corrected chi connectivity index (χ2v) is 6.16. The van der Waals surface area contributed by atoms with Crippen LogP contribution in [0.4, 0.5) is 15.8 Å². The van der Waals surface area contributed by atoms with Crippen LogP contribution < -0.4 is 10.9 Å². The second-order valence-electron chi connectivity index (χ2n) is 6.16. The molecular weight excluding hydrogens is 347 g/mol. The standard InChI is InChI=1S/C19H21FN2O3.C2H6/c1-3-25-19(24)18-15(21-14-8-7-12(2)10-13(14)20)11-17(23)22-9-5-4-6-16(18)22;1-2/h7-8,10-11,21H,3-6,9H2,1-2H3;1-2H3. The molecule has 1 aromatic heterocycles. The van der Waals surface area contributed by atoms with Crippen LogP contribution in [0.3, 0.4) is 0 Å². The van der Waals surface area contributed by atoms with Crippen LogP contribution in [-0.4, -0.2) is 17.1 Å². The normalized spacial score (nSPS) is 12.5. The molecule has 1 aliphatic heterocycles. The van der Waals surface area contributed by atoms with E-state index in [0.717, 1.165) is 18.4 Å². The van der Waals surface area contributed by atoms with Crippen molar-refractivity contribution >= 4 is 17.3 Å². The summed E-state index contributed by atoms with van der Waals surface area (Å²) in [6, 6.07) is 6.11. The van der Waals surface area contributed by atoms with Gasteiger partial charge in [0.1, 0.15) is 11.4 Å². The summed E-state index contributed by atoms with van der Waals surface area (Å²) < 4.78 is 21.0. The summed E-state index contributed by atoms with van der Waals surface area (Å²) in [5.74, 6) is -0.934. The van der Waals surface area contributed by atoms with Gasteiger partial charge in [0.25, 0.3) is 5.56 Å². The first kappa shape index (κ1) is 20.7. The van der Waals surface area contributed by atoms with Crippen LogP contribution in [0.2, 0.25) is 0 Å². The van der Waals surface area contributed by atoms with E-state index in [0.29, 0.717) is 29.9 Å². The van der Waals surface area contributed by atoms with Gasteiger partial charge >= 0.3 is 5.97 Å². The second kappa shape index (κ2) is 9.35. The van der Waals surface area contributed by atoms with Crippen molar-refractivity contribution in [3.8, 4) is 0 Å². The number of halogens is 1. The van der Waals surface area contributed by atoms with Crippen molar-refractivity contribution in [3.05, 3.63) is 57.3 Å². The quantitative estimate of drug-likeness (QED) is 0.796. The molecule has 1 aliphatic rings. The minimum absolute atomic E-state index is 0.197. The van der Waals surface area contributed by atoms with Crippen molar-refractivity contribution in [3.63, 3.8) is 0 Å². The Bertz CT molecular complexity index is 874. The van der Waals surface area contributed by atoms with E-state index in [-0.39, 0.29) is 17.9 Å². The van der Waals surface area contributed by atoms with Gasteiger partial charge in [-0.1, -0.05) is 19.9 Å². The maximum Gasteiger partial charge on any atom is 0.342 e. The van der Waals surface area contributed by atoms with Gasteiger partial charge in [-0.3, -0.25) is 4.79 Å². The zero-order valence-electron chi connectivity index (χ0n) is 16.4. The Hall–Kier alpha value is -2.63. The molecule has 2 heterocycles. The number of aryl methyl sites for hydroxylation is 1. The number of carbonyl (C=O) groups is 1. The van der Waals surface area contributed by atoms with Crippen molar-refractivity contribution in [1.29, 1.82) is 0 Å². The molecule has 0 aliphatic carbocycles. The minimum Gasteiger partial charge on any atom is -0.462 e. The van der Waals surface area contributed by atoms with Crippen LogP contribution in [0, 0.1) is 12.7 Å². The van der Waals surface area contributed by atoms with E-state index in [2.05, 4.69) is 5.32 Å². The fourth-order valence-electron chi connectivity index (χ4n) is 3.16. The molecule has 0 unspecified atom stereocenters. The smallest absolute Gasteiger partial charge is 0.342 e. The van der Waals surface area contributed by atoms with E-state index in [1.54, 1.807) is 30.5 Å². The fraction of sp³-hybridized carbons (Fsp3) is 0.429. The number of rotatable bonds is 4. The number of hydrogen-bond acceptors (Lipinski definition) is 4. The summed E-state index contributed by atoms with van der Waals surface area (Å²) in [4.78, 5) is 24.9. The highest BCUT2D eigenvalue weighted by molar-refractivity contribution is 5.97. The van der Waals surface area contributed by atoms with Gasteiger partial charge in [0, 0.05) is 18.3 Å². The number of ether oxygens (including phenoxy) is 1. The van der Waals surface area contributed by atoms with Gasteiger partial charge in [-0.25, -0.2) is 9.18 Å². The Balaban J connectivity index is 0.00000126. The molecule has 0 bridgehead atoms. The zero-order chi connectivity index (χ0) is 20.0. The van der Waals surface area contributed by atoms with Crippen molar-refractivity contribution in [2.75, 3.05) is 11.9 Å². The molecule has 0 spiro atoms. The van der Waals surface area contributed by atoms with E-state index in [1.807, 2.05) is 13.8 Å². The number of fused-ring (bicyclic) bond motifs is 1. The molecule has 0 fully saturated rings. The van der Waals surface area contributed by atoms with Gasteiger partial charge in [0.2, 0.25) is 0 Å². The molecule has 146 valence electrons. The highest BCUT2D eigenvalue weighted by Crippen LogP contribution is 2.28. The summed E-state index contributed by atoms with van der Waals surface area (Å²) in [6.07, 6.45) is 2.41. The maximum atomic E-state index is 14.2. The third-order valence-corrected chi connectivity index (χ3v) is 4.34. The third kappa shape index (κ3) is 4.56. The summed E-state index contributed by atoms with van der Waals surface area (Å²) in [6.45, 7) is 8.34. The lowest BCUT2D eigenvalue weighted by atomic mass is 10.0. The molecule has 0 saturated heterocycles. The Labute approximate surface area is 159 Å². The van der Waals surface area contributed by atoms with Crippen LogP contribution in [-0.2, 0) is 17.7 Å². The Kier molecular flexibility index (Phi) is 7.16. The number of benzene rings is 1. The average molecular weight is 374 g/mol. The van der Waals surface area contributed by atoms with E-state index < -0.39 is 11.8 Å². The number of nitrogens with one attached hydrogen (secondary N) is 1. The van der Waals surface area contributed by atoms with Gasteiger partial charge in [-0.05, 0) is 50.8 Å². The fourth-order valence-corrected chi connectivity index (χ4v) is 3.16. The Morgan fingerprint density at radius 2 is 1.96 bits per heavy atom. The van der Waals surface area contributed by atoms with Gasteiger partial charge in [0.05, 0.1) is 18.0 Å². The summed E-state index contributed by atoms with van der Waals surface area (Å²) in [7, 11) is 0. The van der Waals surface area contributed by atoms with Crippen LogP contribution in [0.5, 0.6) is 0 Å². The highest BCUT2D eigenvalue weighted by atomic mass is 19.1. The lowest BCUT2D eigenvalue weighted by Gasteiger charge is -2.23. The van der Waals surface area contributed by atoms with Crippen molar-refractivity contribution in [1.82, 2.24) is 4.57 Å². The van der Waals surface area contributed by atoms with E-state index in [1.165, 1.54) is 12.1 Å². The van der Waals surface area contributed by atoms with Gasteiger partial charge in [0.15, 0.2) is 0 Å². The van der Waals surface area contributed by atoms with E-state index in [4.69, 9.17) is 4.74 Å². The van der Waals surface area contributed by atoms with Crippen LogP contribution >= 0.6 is 0 Å². The minimum atomic E-state index is -0.497. The number of aromatic nitrogens is 1. The molecule has 27 heavy (non-hydrogen) atoms. The molecule has 0 saturated carbocycles. The molecule has 3 rings (SSSR count). The van der Waals surface area contributed by atoms with Crippen LogP contribution in [0.25, 0.3) is 0 Å². The number of pyridine rings is 1. The molecular formula is C21H27FN2O3. The lowest BCUT2D eigenvalue weighted by molar-refractivity contribution is 0.0524. The number of carbonyl (C=O) groups excluding carboxylic acids is 1. The number of hydrogen-bond donors (Lipinski definition) is 1. The first-order valence-corrected chi connectivity index (χ1v) is 9.48. The zero-order valence-corrected chi connectivity index (χ0v) is 16.4. The van der Waals surface area contributed by atoms with Crippen LogP contribution in [0.15, 0.2) is 29.1 Å². The molecule has 0 amide bonds. The molecule has 2 aromatic rings. The third-order valence-electron chi connectivity index (χ3n) is 4.34. The topological polar surface area (TPSA) is 60.3 Å². The molecule has 6 heteroatoms. The molecule has 1 N–H and O–H groups in total. The lowest BCUT2D eigenvalue weighted by Crippen LogP contribution is -2.30. The first-order valence-electron chi connectivity index (χ1n) is 9.48. The molecule has 0 radical (unpaired) electrons. The summed E-state index contributed by atoms with van der Waals surface area (Å²) >= 11 is 0. The number of esters is 1. The largest absolute Gasteiger partial charge is 0.462 e. The molecule has 5 nitrogen and oxygen atoms in total. The summed E-state index contributed by atoms with van der Waals surface area (Å²) in [5, 5.41) is 2.91. The predicted octanol–water partition coefficient (Wildman–Crippen LogP) is 4.58. The van der Waals surface area contributed by atoms with Gasteiger partial charge in [-0.2, -0.15) is 0 Å². The Morgan fingerprint density at radius 3 is 2.63 bits per heavy atom. The number of nitrogens with zero attached hydrogens (tertiary/aromatic N) is 1. The summed E-state index contributed by atoms with van der Waals surface area (Å²) in [5.41, 5.74) is 2.08. The monoisotopic (exact) mass is 374 g/mol. The predicted molar refractivity (Wildman–Crippen MR) is 105 cm³/mol. The van der Waals surface area contributed by atoms with Crippen LogP contribution in [0.1, 0.15) is 55.2 Å².